The Bertz CT molecular complexity index is 446. The van der Waals surface area contributed by atoms with Crippen molar-refractivity contribution in [2.75, 3.05) is 13.6 Å². The summed E-state index contributed by atoms with van der Waals surface area (Å²) < 4.78 is 0. The van der Waals surface area contributed by atoms with Crippen LogP contribution >= 0.6 is 0 Å². The molecule has 0 aliphatic carbocycles. The molecule has 5 heteroatoms. The van der Waals surface area contributed by atoms with E-state index in [9.17, 15) is 9.59 Å². The van der Waals surface area contributed by atoms with Crippen molar-refractivity contribution < 1.29 is 14.7 Å². The summed E-state index contributed by atoms with van der Waals surface area (Å²) in [7, 11) is 1.56. The first-order valence-electron chi connectivity index (χ1n) is 5.71. The highest BCUT2D eigenvalue weighted by molar-refractivity contribution is 6.00. The molecule has 1 aromatic rings. The lowest BCUT2D eigenvalue weighted by atomic mass is 10.1. The second-order valence-corrected chi connectivity index (χ2v) is 4.25. The molecule has 1 amide bonds. The predicted molar refractivity (Wildman–Crippen MR) is 68.1 cm³/mol. The molecule has 1 rings (SSSR count). The maximum atomic E-state index is 11.6. The van der Waals surface area contributed by atoms with Crippen molar-refractivity contribution in [1.82, 2.24) is 4.90 Å². The van der Waals surface area contributed by atoms with Gasteiger partial charge in [0.05, 0.1) is 0 Å². The predicted octanol–water partition coefficient (Wildman–Crippen LogP) is 0.408. The number of nitrogens with two attached hydrogens (primary N) is 1. The van der Waals surface area contributed by atoms with Crippen LogP contribution in [0.5, 0.6) is 0 Å². The highest BCUT2D eigenvalue weighted by Crippen LogP contribution is 2.08. The van der Waals surface area contributed by atoms with E-state index in [1.54, 1.807) is 7.05 Å². The van der Waals surface area contributed by atoms with Gasteiger partial charge in [0.15, 0.2) is 6.04 Å². The van der Waals surface area contributed by atoms with Crippen molar-refractivity contribution >= 4 is 11.9 Å². The van der Waals surface area contributed by atoms with E-state index >= 15 is 0 Å². The van der Waals surface area contributed by atoms with Crippen LogP contribution < -0.4 is 5.73 Å². The molecular weight excluding hydrogens is 232 g/mol. The molecule has 0 aliphatic rings. The number of aliphatic carboxylic acids is 1. The van der Waals surface area contributed by atoms with E-state index in [-0.39, 0.29) is 0 Å². The molecule has 0 aromatic heterocycles. The van der Waals surface area contributed by atoms with Gasteiger partial charge in [-0.05, 0) is 24.5 Å². The minimum absolute atomic E-state index is 0.449. The van der Waals surface area contributed by atoms with Crippen molar-refractivity contribution in [3.05, 3.63) is 35.4 Å². The van der Waals surface area contributed by atoms with Crippen molar-refractivity contribution in [2.24, 2.45) is 5.73 Å². The second kappa shape index (κ2) is 6.16. The normalized spacial score (nSPS) is 11.9. The van der Waals surface area contributed by atoms with Crippen molar-refractivity contribution in [3.63, 3.8) is 0 Å². The number of hydrogen-bond donors (Lipinski definition) is 2. The summed E-state index contributed by atoms with van der Waals surface area (Å²) in [6.45, 7) is 2.45. The number of amides is 1. The van der Waals surface area contributed by atoms with Crippen LogP contribution in [0.15, 0.2) is 24.3 Å². The Balaban J connectivity index is 2.56. The monoisotopic (exact) mass is 250 g/mol. The van der Waals surface area contributed by atoms with Gasteiger partial charge >= 0.3 is 5.97 Å². The molecule has 0 bridgehead atoms. The van der Waals surface area contributed by atoms with Crippen LogP contribution in [0.4, 0.5) is 0 Å². The summed E-state index contributed by atoms with van der Waals surface area (Å²) in [6.07, 6.45) is 0.682. The SMILES string of the molecule is Cc1ccccc1CCN(C)C(=O)C(N)C(=O)O. The van der Waals surface area contributed by atoms with Crippen LogP contribution in [0.2, 0.25) is 0 Å². The fourth-order valence-corrected chi connectivity index (χ4v) is 1.63. The van der Waals surface area contributed by atoms with Gasteiger partial charge in [0.1, 0.15) is 0 Å². The molecule has 0 saturated carbocycles. The molecule has 0 saturated heterocycles. The molecule has 0 heterocycles. The second-order valence-electron chi connectivity index (χ2n) is 4.25. The first-order valence-corrected chi connectivity index (χ1v) is 5.71. The van der Waals surface area contributed by atoms with E-state index in [0.717, 1.165) is 11.1 Å². The highest BCUT2D eigenvalue weighted by atomic mass is 16.4. The lowest BCUT2D eigenvalue weighted by Crippen LogP contribution is -2.47. The Morgan fingerprint density at radius 2 is 2.00 bits per heavy atom. The summed E-state index contributed by atoms with van der Waals surface area (Å²) in [5.41, 5.74) is 7.56. The molecule has 1 unspecified atom stereocenters. The van der Waals surface area contributed by atoms with Gasteiger partial charge in [-0.2, -0.15) is 0 Å². The standard InChI is InChI=1S/C13H18N2O3/c1-9-5-3-4-6-10(9)7-8-15(2)12(16)11(14)13(17)18/h3-6,11H,7-8,14H2,1-2H3,(H,17,18). The molecule has 1 aromatic carbocycles. The van der Waals surface area contributed by atoms with E-state index in [4.69, 9.17) is 10.8 Å². The lowest BCUT2D eigenvalue weighted by Gasteiger charge is -2.19. The van der Waals surface area contributed by atoms with Crippen LogP contribution in [-0.2, 0) is 16.0 Å². The third-order valence-corrected chi connectivity index (χ3v) is 2.89. The minimum Gasteiger partial charge on any atom is -0.480 e. The van der Waals surface area contributed by atoms with Crippen molar-refractivity contribution in [3.8, 4) is 0 Å². The zero-order valence-electron chi connectivity index (χ0n) is 10.6. The molecule has 1 atom stereocenters. The number of carboxylic acid groups (broad SMARTS) is 1. The number of nitrogens with zero attached hydrogens (tertiary/aromatic N) is 1. The summed E-state index contributed by atoms with van der Waals surface area (Å²) in [6, 6.07) is 6.40. The third kappa shape index (κ3) is 3.56. The third-order valence-electron chi connectivity index (χ3n) is 2.89. The van der Waals surface area contributed by atoms with E-state index in [1.807, 2.05) is 31.2 Å². The Morgan fingerprint density at radius 3 is 2.56 bits per heavy atom. The van der Waals surface area contributed by atoms with Crippen LogP contribution in [0, 0.1) is 6.92 Å². The number of likely N-dealkylation sites (N-methyl/N-ethyl adjacent to an activating group) is 1. The van der Waals surface area contributed by atoms with Crippen LogP contribution in [0.1, 0.15) is 11.1 Å². The van der Waals surface area contributed by atoms with Gasteiger partial charge in [-0.15, -0.1) is 0 Å². The van der Waals surface area contributed by atoms with Gasteiger partial charge < -0.3 is 15.7 Å². The number of rotatable bonds is 5. The number of benzene rings is 1. The fourth-order valence-electron chi connectivity index (χ4n) is 1.63. The number of carbonyl (C=O) groups excluding carboxylic acids is 1. The zero-order valence-corrected chi connectivity index (χ0v) is 10.6. The maximum absolute atomic E-state index is 11.6. The van der Waals surface area contributed by atoms with Gasteiger partial charge in [-0.25, -0.2) is 4.79 Å². The Labute approximate surface area is 106 Å². The van der Waals surface area contributed by atoms with Gasteiger partial charge in [0.25, 0.3) is 5.91 Å². The Kier molecular flexibility index (Phi) is 4.85. The molecule has 18 heavy (non-hydrogen) atoms. The van der Waals surface area contributed by atoms with Crippen molar-refractivity contribution in [2.45, 2.75) is 19.4 Å². The molecule has 0 radical (unpaired) electrons. The molecule has 5 nitrogen and oxygen atoms in total. The number of hydrogen-bond acceptors (Lipinski definition) is 3. The Hall–Kier alpha value is -1.88. The first kappa shape index (κ1) is 14.2. The fraction of sp³-hybridized carbons (Fsp3) is 0.385. The van der Waals surface area contributed by atoms with E-state index < -0.39 is 17.9 Å². The van der Waals surface area contributed by atoms with Crippen LogP contribution in [0.25, 0.3) is 0 Å². The smallest absolute Gasteiger partial charge is 0.330 e. The average molecular weight is 250 g/mol. The molecule has 3 N–H and O–H groups in total. The number of carboxylic acids is 1. The van der Waals surface area contributed by atoms with Crippen molar-refractivity contribution in [1.29, 1.82) is 0 Å². The minimum atomic E-state index is -1.48. The highest BCUT2D eigenvalue weighted by Gasteiger charge is 2.24. The van der Waals surface area contributed by atoms with Crippen LogP contribution in [-0.4, -0.2) is 41.5 Å². The zero-order chi connectivity index (χ0) is 13.7. The topological polar surface area (TPSA) is 83.6 Å². The van der Waals surface area contributed by atoms with Crippen LogP contribution in [0.3, 0.4) is 0 Å². The maximum Gasteiger partial charge on any atom is 0.330 e. The van der Waals surface area contributed by atoms with E-state index in [2.05, 4.69) is 0 Å². The number of carbonyl (C=O) groups is 2. The van der Waals surface area contributed by atoms with Gasteiger partial charge in [-0.3, -0.25) is 4.79 Å². The van der Waals surface area contributed by atoms with Gasteiger partial charge in [-0.1, -0.05) is 24.3 Å². The summed E-state index contributed by atoms with van der Waals surface area (Å²) in [5, 5.41) is 8.66. The molecular formula is C13H18N2O3. The molecule has 0 aliphatic heterocycles. The lowest BCUT2D eigenvalue weighted by molar-refractivity contribution is -0.145. The quantitative estimate of drug-likeness (QED) is 0.741. The molecule has 0 spiro atoms. The van der Waals surface area contributed by atoms with E-state index in [0.29, 0.717) is 13.0 Å². The van der Waals surface area contributed by atoms with Gasteiger partial charge in [0, 0.05) is 13.6 Å². The first-order chi connectivity index (χ1) is 8.43. The summed E-state index contributed by atoms with van der Waals surface area (Å²) in [4.78, 5) is 23.6. The van der Waals surface area contributed by atoms with E-state index in [1.165, 1.54) is 4.90 Å². The summed E-state index contributed by atoms with van der Waals surface area (Å²) >= 11 is 0. The Morgan fingerprint density at radius 1 is 1.39 bits per heavy atom. The van der Waals surface area contributed by atoms with Gasteiger partial charge in [0.2, 0.25) is 0 Å². The number of aryl methyl sites for hydroxylation is 1. The molecule has 0 fully saturated rings. The largest absolute Gasteiger partial charge is 0.480 e. The molecule has 98 valence electrons. The summed E-state index contributed by atoms with van der Waals surface area (Å²) in [5.74, 6) is -1.88. The average Bonchev–Trinajstić information content (AvgIpc) is 2.35.